The molecule has 1 aromatic rings. The van der Waals surface area contributed by atoms with Crippen LogP contribution in [0.25, 0.3) is 0 Å². The maximum atomic E-state index is 9.51. The summed E-state index contributed by atoms with van der Waals surface area (Å²) in [6.45, 7) is 15.4. The molecule has 1 rings (SSSR count). The number of aliphatic hydroxyl groups excluding tert-OH is 1. The zero-order valence-electron chi connectivity index (χ0n) is 15.6. The SMILES string of the molecule is C[C@H](CO)[C@H](COCc1ccccc1)CO[Si](C)(C)C(C)(C)C. The molecule has 0 saturated heterocycles. The van der Waals surface area contributed by atoms with Crippen LogP contribution < -0.4 is 0 Å². The van der Waals surface area contributed by atoms with Gasteiger partial charge in [0.25, 0.3) is 0 Å². The molecule has 0 fully saturated rings. The average Bonchev–Trinajstić information content (AvgIpc) is 2.49. The van der Waals surface area contributed by atoms with Gasteiger partial charge in [-0.15, -0.1) is 0 Å². The number of ether oxygens (including phenoxy) is 1. The van der Waals surface area contributed by atoms with Crippen molar-refractivity contribution in [3.05, 3.63) is 35.9 Å². The number of hydrogen-bond donors (Lipinski definition) is 1. The third kappa shape index (κ3) is 6.75. The standard InChI is InChI=1S/C19H34O3Si/c1-16(12-20)18(15-22-23(5,6)19(2,3)4)14-21-13-17-10-8-7-9-11-17/h7-11,16,18,20H,12-15H2,1-6H3/t16-,18-/m1/s1. The summed E-state index contributed by atoms with van der Waals surface area (Å²) in [6, 6.07) is 10.2. The fraction of sp³-hybridized carbons (Fsp3) is 0.684. The summed E-state index contributed by atoms with van der Waals surface area (Å²) < 4.78 is 12.2. The highest BCUT2D eigenvalue weighted by Crippen LogP contribution is 2.37. The topological polar surface area (TPSA) is 38.7 Å². The first kappa shape index (κ1) is 20.4. The molecule has 0 heterocycles. The largest absolute Gasteiger partial charge is 0.416 e. The lowest BCUT2D eigenvalue weighted by atomic mass is 9.97. The zero-order chi connectivity index (χ0) is 17.5. The highest BCUT2D eigenvalue weighted by molar-refractivity contribution is 6.74. The van der Waals surface area contributed by atoms with Crippen molar-refractivity contribution in [1.29, 1.82) is 0 Å². The lowest BCUT2D eigenvalue weighted by Crippen LogP contribution is -2.43. The highest BCUT2D eigenvalue weighted by Gasteiger charge is 2.37. The quantitative estimate of drug-likeness (QED) is 0.675. The maximum absolute atomic E-state index is 9.51. The smallest absolute Gasteiger partial charge is 0.191 e. The molecule has 0 aliphatic rings. The van der Waals surface area contributed by atoms with Gasteiger partial charge >= 0.3 is 0 Å². The Balaban J connectivity index is 2.53. The van der Waals surface area contributed by atoms with E-state index in [1.165, 1.54) is 5.56 Å². The molecule has 1 N–H and O–H groups in total. The van der Waals surface area contributed by atoms with Crippen molar-refractivity contribution in [3.63, 3.8) is 0 Å². The predicted octanol–water partition coefficient (Wildman–Crippen LogP) is 4.47. The molecule has 0 spiro atoms. The van der Waals surface area contributed by atoms with Crippen molar-refractivity contribution in [1.82, 2.24) is 0 Å². The summed E-state index contributed by atoms with van der Waals surface area (Å²) in [5, 5.41) is 9.71. The second-order valence-electron chi connectivity index (χ2n) is 7.99. The van der Waals surface area contributed by atoms with Gasteiger partial charge in [-0.25, -0.2) is 0 Å². The molecule has 132 valence electrons. The van der Waals surface area contributed by atoms with Crippen LogP contribution in [-0.2, 0) is 15.8 Å². The Morgan fingerprint density at radius 2 is 1.70 bits per heavy atom. The van der Waals surface area contributed by atoms with Gasteiger partial charge in [0.15, 0.2) is 8.32 Å². The molecule has 4 heteroatoms. The first-order valence-corrected chi connectivity index (χ1v) is 11.4. The van der Waals surface area contributed by atoms with Crippen LogP contribution in [0.2, 0.25) is 18.1 Å². The summed E-state index contributed by atoms with van der Waals surface area (Å²) >= 11 is 0. The van der Waals surface area contributed by atoms with E-state index in [-0.39, 0.29) is 23.5 Å². The van der Waals surface area contributed by atoms with Gasteiger partial charge in [0.05, 0.1) is 13.2 Å². The molecule has 0 aliphatic carbocycles. The lowest BCUT2D eigenvalue weighted by molar-refractivity contribution is 0.0300. The van der Waals surface area contributed by atoms with Crippen LogP contribution in [-0.4, -0.2) is 33.2 Å². The van der Waals surface area contributed by atoms with Crippen molar-refractivity contribution in [2.24, 2.45) is 11.8 Å². The van der Waals surface area contributed by atoms with Gasteiger partial charge in [0.1, 0.15) is 0 Å². The molecular formula is C19H34O3Si. The molecule has 0 saturated carbocycles. The molecule has 0 bridgehead atoms. The van der Waals surface area contributed by atoms with Gasteiger partial charge in [-0.1, -0.05) is 58.0 Å². The summed E-state index contributed by atoms with van der Waals surface area (Å²) in [5.74, 6) is 0.397. The van der Waals surface area contributed by atoms with E-state index in [4.69, 9.17) is 9.16 Å². The lowest BCUT2D eigenvalue weighted by Gasteiger charge is -2.38. The van der Waals surface area contributed by atoms with Crippen molar-refractivity contribution >= 4 is 8.32 Å². The Bertz CT molecular complexity index is 440. The molecular weight excluding hydrogens is 304 g/mol. The Morgan fingerprint density at radius 3 is 2.22 bits per heavy atom. The van der Waals surface area contributed by atoms with Crippen molar-refractivity contribution in [3.8, 4) is 0 Å². The van der Waals surface area contributed by atoms with E-state index in [9.17, 15) is 5.11 Å². The fourth-order valence-electron chi connectivity index (χ4n) is 1.96. The second-order valence-corrected chi connectivity index (χ2v) is 12.8. The van der Waals surface area contributed by atoms with E-state index < -0.39 is 8.32 Å². The Labute approximate surface area is 143 Å². The first-order chi connectivity index (χ1) is 10.7. The molecule has 2 atom stereocenters. The average molecular weight is 339 g/mol. The molecule has 0 amide bonds. The molecule has 23 heavy (non-hydrogen) atoms. The van der Waals surface area contributed by atoms with Crippen molar-refractivity contribution in [2.45, 2.75) is 52.4 Å². The highest BCUT2D eigenvalue weighted by atomic mass is 28.4. The summed E-state index contributed by atoms with van der Waals surface area (Å²) in [6.07, 6.45) is 0. The predicted molar refractivity (Wildman–Crippen MR) is 99.0 cm³/mol. The van der Waals surface area contributed by atoms with Crippen LogP contribution in [0.15, 0.2) is 30.3 Å². The van der Waals surface area contributed by atoms with Gasteiger partial charge in [-0.2, -0.15) is 0 Å². The summed E-state index contributed by atoms with van der Waals surface area (Å²) in [7, 11) is -1.77. The molecule has 0 aromatic heterocycles. The fourth-order valence-corrected chi connectivity index (χ4v) is 3.02. The van der Waals surface area contributed by atoms with Crippen LogP contribution in [0.4, 0.5) is 0 Å². The minimum atomic E-state index is -1.77. The molecule has 1 aromatic carbocycles. The van der Waals surface area contributed by atoms with Crippen LogP contribution in [0, 0.1) is 11.8 Å². The molecule has 3 nitrogen and oxygen atoms in total. The van der Waals surface area contributed by atoms with Gasteiger partial charge in [-0.05, 0) is 29.6 Å². The van der Waals surface area contributed by atoms with E-state index >= 15 is 0 Å². The number of rotatable bonds is 9. The second kappa shape index (κ2) is 8.97. The van der Waals surface area contributed by atoms with Gasteiger partial charge in [0, 0.05) is 19.1 Å². The van der Waals surface area contributed by atoms with E-state index in [0.29, 0.717) is 19.8 Å². The van der Waals surface area contributed by atoms with Crippen LogP contribution >= 0.6 is 0 Å². The van der Waals surface area contributed by atoms with Gasteiger partial charge in [-0.3, -0.25) is 0 Å². The third-order valence-corrected chi connectivity index (χ3v) is 9.50. The van der Waals surface area contributed by atoms with Gasteiger partial charge < -0.3 is 14.3 Å². The first-order valence-electron chi connectivity index (χ1n) is 8.54. The number of benzene rings is 1. The van der Waals surface area contributed by atoms with E-state index in [2.05, 4.69) is 52.9 Å². The zero-order valence-corrected chi connectivity index (χ0v) is 16.6. The van der Waals surface area contributed by atoms with Crippen LogP contribution in [0.1, 0.15) is 33.3 Å². The molecule has 0 aliphatic heterocycles. The Kier molecular flexibility index (Phi) is 7.94. The van der Waals surface area contributed by atoms with Gasteiger partial charge in [0.2, 0.25) is 0 Å². The van der Waals surface area contributed by atoms with E-state index in [1.807, 2.05) is 18.2 Å². The Morgan fingerprint density at radius 1 is 1.09 bits per heavy atom. The number of aliphatic hydroxyl groups is 1. The minimum absolute atomic E-state index is 0.167. The minimum Gasteiger partial charge on any atom is -0.416 e. The van der Waals surface area contributed by atoms with E-state index in [0.717, 1.165) is 0 Å². The number of hydrogen-bond acceptors (Lipinski definition) is 3. The van der Waals surface area contributed by atoms with E-state index in [1.54, 1.807) is 0 Å². The Hall–Kier alpha value is -0.683. The normalized spacial score (nSPS) is 15.4. The summed E-state index contributed by atoms with van der Waals surface area (Å²) in [5.41, 5.74) is 1.17. The molecule has 0 radical (unpaired) electrons. The monoisotopic (exact) mass is 338 g/mol. The maximum Gasteiger partial charge on any atom is 0.191 e. The van der Waals surface area contributed by atoms with Crippen LogP contribution in [0.3, 0.4) is 0 Å². The molecule has 0 unspecified atom stereocenters. The summed E-state index contributed by atoms with van der Waals surface area (Å²) in [4.78, 5) is 0. The third-order valence-electron chi connectivity index (χ3n) is 5.00. The van der Waals surface area contributed by atoms with Crippen molar-refractivity contribution in [2.75, 3.05) is 19.8 Å². The van der Waals surface area contributed by atoms with Crippen LogP contribution in [0.5, 0.6) is 0 Å². The van der Waals surface area contributed by atoms with Crippen molar-refractivity contribution < 1.29 is 14.3 Å².